The van der Waals surface area contributed by atoms with Gasteiger partial charge in [0.05, 0.1) is 33.9 Å². The van der Waals surface area contributed by atoms with Crippen LogP contribution in [-0.4, -0.2) is 57.9 Å². The summed E-state index contributed by atoms with van der Waals surface area (Å²) in [7, 11) is 3.28. The van der Waals surface area contributed by atoms with Gasteiger partial charge in [-0.3, -0.25) is 4.79 Å². The summed E-state index contributed by atoms with van der Waals surface area (Å²) in [6.45, 7) is 4.72. The molecule has 0 unspecified atom stereocenters. The van der Waals surface area contributed by atoms with E-state index in [2.05, 4.69) is 29.2 Å². The quantitative estimate of drug-likeness (QED) is 0.778. The van der Waals surface area contributed by atoms with Crippen LogP contribution in [0.4, 0.5) is 5.69 Å². The third kappa shape index (κ3) is 4.32. The second-order valence-electron chi connectivity index (χ2n) is 7.48. The summed E-state index contributed by atoms with van der Waals surface area (Å²) in [5.74, 6) is 1.61. The van der Waals surface area contributed by atoms with Crippen LogP contribution in [0.25, 0.3) is 0 Å². The van der Waals surface area contributed by atoms with Crippen LogP contribution in [0.3, 0.4) is 0 Å². The molecule has 0 bridgehead atoms. The fourth-order valence-electron chi connectivity index (χ4n) is 4.03. The van der Waals surface area contributed by atoms with E-state index >= 15 is 0 Å². The van der Waals surface area contributed by atoms with Crippen molar-refractivity contribution in [3.63, 3.8) is 0 Å². The maximum Gasteiger partial charge on any atom is 0.227 e. The number of methoxy groups -OCH3 is 2. The molecule has 0 saturated carbocycles. The Hall–Kier alpha value is -2.73. The number of fused-ring (bicyclic) bond motifs is 1. The van der Waals surface area contributed by atoms with Gasteiger partial charge in [-0.25, -0.2) is 0 Å². The molecule has 1 amide bonds. The molecule has 6 nitrogen and oxygen atoms in total. The number of nitrogens with zero attached hydrogens (tertiary/aromatic N) is 2. The molecular formula is C23H28N2O4. The van der Waals surface area contributed by atoms with Crippen molar-refractivity contribution in [2.75, 3.05) is 52.0 Å². The molecule has 1 saturated heterocycles. The van der Waals surface area contributed by atoms with Crippen LogP contribution in [-0.2, 0) is 28.9 Å². The molecule has 0 radical (unpaired) electrons. The van der Waals surface area contributed by atoms with Crippen molar-refractivity contribution < 1.29 is 19.0 Å². The van der Waals surface area contributed by atoms with Gasteiger partial charge in [-0.2, -0.15) is 0 Å². The average Bonchev–Trinajstić information content (AvgIpc) is 2.78. The number of ether oxygens (including phenoxy) is 3. The van der Waals surface area contributed by atoms with Crippen molar-refractivity contribution in [3.8, 4) is 11.5 Å². The van der Waals surface area contributed by atoms with Crippen molar-refractivity contribution in [2.24, 2.45) is 0 Å². The van der Waals surface area contributed by atoms with Crippen molar-refractivity contribution >= 4 is 11.6 Å². The molecule has 1 fully saturated rings. The monoisotopic (exact) mass is 396 g/mol. The van der Waals surface area contributed by atoms with E-state index in [1.807, 2.05) is 17.0 Å². The Bertz CT molecular complexity index is 860. The Morgan fingerprint density at radius 3 is 2.28 bits per heavy atom. The standard InChI is InChI=1S/C23H28N2O4/c1-27-21-14-18-7-8-25(16-19(18)15-22(21)28-2)23(26)13-17-3-5-20(6-4-17)24-9-11-29-12-10-24/h3-6,14-15H,7-13,16H2,1-2H3. The van der Waals surface area contributed by atoms with Crippen LogP contribution in [0.5, 0.6) is 11.5 Å². The first-order valence-corrected chi connectivity index (χ1v) is 10.1. The van der Waals surface area contributed by atoms with Crippen LogP contribution in [0, 0.1) is 0 Å². The van der Waals surface area contributed by atoms with E-state index in [1.54, 1.807) is 14.2 Å². The number of hydrogen-bond acceptors (Lipinski definition) is 5. The Labute approximate surface area is 172 Å². The summed E-state index contributed by atoms with van der Waals surface area (Å²) in [5.41, 5.74) is 4.59. The molecular weight excluding hydrogens is 368 g/mol. The topological polar surface area (TPSA) is 51.2 Å². The van der Waals surface area contributed by atoms with Crippen LogP contribution in [0.1, 0.15) is 16.7 Å². The zero-order valence-corrected chi connectivity index (χ0v) is 17.1. The van der Waals surface area contributed by atoms with Crippen molar-refractivity contribution in [1.29, 1.82) is 0 Å². The molecule has 6 heteroatoms. The van der Waals surface area contributed by atoms with Crippen molar-refractivity contribution in [1.82, 2.24) is 4.90 Å². The number of benzene rings is 2. The molecule has 0 spiro atoms. The minimum atomic E-state index is 0.157. The van der Waals surface area contributed by atoms with E-state index in [-0.39, 0.29) is 5.91 Å². The number of carbonyl (C=O) groups is 1. The van der Waals surface area contributed by atoms with Crippen LogP contribution < -0.4 is 14.4 Å². The van der Waals surface area contributed by atoms with Crippen LogP contribution >= 0.6 is 0 Å². The fraction of sp³-hybridized carbons (Fsp3) is 0.435. The van der Waals surface area contributed by atoms with Gasteiger partial charge < -0.3 is 24.0 Å². The summed E-state index contributed by atoms with van der Waals surface area (Å²) < 4.78 is 16.2. The summed E-state index contributed by atoms with van der Waals surface area (Å²) in [4.78, 5) is 17.1. The molecule has 2 aromatic rings. The lowest BCUT2D eigenvalue weighted by molar-refractivity contribution is -0.131. The number of anilines is 1. The molecule has 0 aliphatic carbocycles. The van der Waals surface area contributed by atoms with Gasteiger partial charge in [0.15, 0.2) is 11.5 Å². The zero-order chi connectivity index (χ0) is 20.2. The van der Waals surface area contributed by atoms with E-state index in [9.17, 15) is 4.79 Å². The summed E-state index contributed by atoms with van der Waals surface area (Å²) in [6.07, 6.45) is 1.25. The van der Waals surface area contributed by atoms with Crippen LogP contribution in [0.15, 0.2) is 36.4 Å². The minimum absolute atomic E-state index is 0.157. The van der Waals surface area contributed by atoms with E-state index < -0.39 is 0 Å². The first-order valence-electron chi connectivity index (χ1n) is 10.1. The molecule has 2 aromatic carbocycles. The molecule has 0 atom stereocenters. The van der Waals surface area contributed by atoms with E-state index in [4.69, 9.17) is 14.2 Å². The van der Waals surface area contributed by atoms with Gasteiger partial charge >= 0.3 is 0 Å². The Balaban J connectivity index is 1.40. The SMILES string of the molecule is COc1cc2c(cc1OC)CN(C(=O)Cc1ccc(N3CCOCC3)cc1)CC2. The van der Waals surface area contributed by atoms with E-state index in [1.165, 1.54) is 11.3 Å². The van der Waals surface area contributed by atoms with Gasteiger partial charge in [-0.15, -0.1) is 0 Å². The van der Waals surface area contributed by atoms with Crippen LogP contribution in [0.2, 0.25) is 0 Å². The maximum atomic E-state index is 12.9. The first-order chi connectivity index (χ1) is 14.2. The third-order valence-corrected chi connectivity index (χ3v) is 5.74. The lowest BCUT2D eigenvalue weighted by Gasteiger charge is -2.30. The molecule has 0 aromatic heterocycles. The van der Waals surface area contributed by atoms with Gasteiger partial charge in [-0.05, 0) is 47.4 Å². The lowest BCUT2D eigenvalue weighted by atomic mass is 9.98. The highest BCUT2D eigenvalue weighted by molar-refractivity contribution is 5.79. The first kappa shape index (κ1) is 19.6. The fourth-order valence-corrected chi connectivity index (χ4v) is 4.03. The Morgan fingerprint density at radius 2 is 1.62 bits per heavy atom. The highest BCUT2D eigenvalue weighted by atomic mass is 16.5. The predicted molar refractivity (Wildman–Crippen MR) is 112 cm³/mol. The zero-order valence-electron chi connectivity index (χ0n) is 17.1. The lowest BCUT2D eigenvalue weighted by Crippen LogP contribution is -2.37. The number of carbonyl (C=O) groups excluding carboxylic acids is 1. The molecule has 2 aliphatic rings. The largest absolute Gasteiger partial charge is 0.493 e. The molecule has 4 rings (SSSR count). The van der Waals surface area contributed by atoms with Crippen molar-refractivity contribution in [2.45, 2.75) is 19.4 Å². The number of rotatable bonds is 5. The van der Waals surface area contributed by atoms with Crippen molar-refractivity contribution in [3.05, 3.63) is 53.1 Å². The normalized spacial score (nSPS) is 16.3. The number of morpholine rings is 1. The van der Waals surface area contributed by atoms with Gasteiger partial charge in [0.1, 0.15) is 0 Å². The second-order valence-corrected chi connectivity index (χ2v) is 7.48. The number of hydrogen-bond donors (Lipinski definition) is 0. The predicted octanol–water partition coefficient (Wildman–Crippen LogP) is 2.67. The van der Waals surface area contributed by atoms with Gasteiger partial charge in [0, 0.05) is 31.9 Å². The summed E-state index contributed by atoms with van der Waals surface area (Å²) >= 11 is 0. The second kappa shape index (κ2) is 8.74. The summed E-state index contributed by atoms with van der Waals surface area (Å²) in [5, 5.41) is 0. The average molecular weight is 396 g/mol. The van der Waals surface area contributed by atoms with Gasteiger partial charge in [0.2, 0.25) is 5.91 Å². The summed E-state index contributed by atoms with van der Waals surface area (Å²) in [6, 6.07) is 12.4. The van der Waals surface area contributed by atoms with Gasteiger partial charge in [0.25, 0.3) is 0 Å². The highest BCUT2D eigenvalue weighted by Gasteiger charge is 2.23. The minimum Gasteiger partial charge on any atom is -0.493 e. The highest BCUT2D eigenvalue weighted by Crippen LogP contribution is 2.33. The molecule has 2 aliphatic heterocycles. The van der Waals surface area contributed by atoms with E-state index in [0.29, 0.717) is 18.7 Å². The Morgan fingerprint density at radius 1 is 0.966 bits per heavy atom. The maximum absolute atomic E-state index is 12.9. The molecule has 0 N–H and O–H groups in total. The van der Waals surface area contributed by atoms with E-state index in [0.717, 1.165) is 56.1 Å². The third-order valence-electron chi connectivity index (χ3n) is 5.74. The molecule has 29 heavy (non-hydrogen) atoms. The molecule has 154 valence electrons. The molecule has 2 heterocycles. The smallest absolute Gasteiger partial charge is 0.227 e. The van der Waals surface area contributed by atoms with Gasteiger partial charge in [-0.1, -0.05) is 12.1 Å². The Kier molecular flexibility index (Phi) is 5.90. The number of amides is 1.